The highest BCUT2D eigenvalue weighted by molar-refractivity contribution is 5.44. The summed E-state index contributed by atoms with van der Waals surface area (Å²) in [5.41, 5.74) is 7.39. The molecule has 1 saturated carbocycles. The fraction of sp³-hybridized carbons (Fsp3) is 0.294. The summed E-state index contributed by atoms with van der Waals surface area (Å²) in [6.45, 7) is 0.697. The van der Waals surface area contributed by atoms with Crippen molar-refractivity contribution >= 4 is 0 Å². The van der Waals surface area contributed by atoms with Crippen LogP contribution in [0.1, 0.15) is 24.8 Å². The quantitative estimate of drug-likeness (QED) is 0.898. The topological polar surface area (TPSA) is 35.2 Å². The molecule has 0 spiro atoms. The zero-order valence-electron chi connectivity index (χ0n) is 11.0. The second-order valence-corrected chi connectivity index (χ2v) is 5.25. The average Bonchev–Trinajstić information content (AvgIpc) is 2.41. The van der Waals surface area contributed by atoms with E-state index in [1.807, 2.05) is 42.5 Å². The van der Waals surface area contributed by atoms with Gasteiger partial charge in [0.1, 0.15) is 11.5 Å². The second-order valence-electron chi connectivity index (χ2n) is 5.25. The normalized spacial score (nSPS) is 16.7. The van der Waals surface area contributed by atoms with E-state index in [9.17, 15) is 0 Å². The molecule has 0 aromatic heterocycles. The van der Waals surface area contributed by atoms with Crippen molar-refractivity contribution < 1.29 is 4.74 Å². The van der Waals surface area contributed by atoms with Gasteiger partial charge in [0.2, 0.25) is 0 Å². The van der Waals surface area contributed by atoms with E-state index in [-0.39, 0.29) is 5.41 Å². The summed E-state index contributed by atoms with van der Waals surface area (Å²) in [5, 5.41) is 0. The monoisotopic (exact) mass is 253 g/mol. The van der Waals surface area contributed by atoms with E-state index in [2.05, 4.69) is 12.1 Å². The van der Waals surface area contributed by atoms with Crippen molar-refractivity contribution in [2.24, 2.45) is 5.73 Å². The standard InChI is InChI=1S/C17H19NO/c18-13-17(11-6-12-17)15-9-4-5-10-16(15)19-14-7-2-1-3-8-14/h1-5,7-10H,6,11-13,18H2. The summed E-state index contributed by atoms with van der Waals surface area (Å²) in [7, 11) is 0. The molecule has 0 radical (unpaired) electrons. The van der Waals surface area contributed by atoms with Gasteiger partial charge in [-0.2, -0.15) is 0 Å². The molecule has 2 aromatic rings. The van der Waals surface area contributed by atoms with E-state index in [1.54, 1.807) is 0 Å². The average molecular weight is 253 g/mol. The Morgan fingerprint density at radius 2 is 1.63 bits per heavy atom. The van der Waals surface area contributed by atoms with E-state index < -0.39 is 0 Å². The Morgan fingerprint density at radius 3 is 2.26 bits per heavy atom. The predicted octanol–water partition coefficient (Wildman–Crippen LogP) is 3.86. The second kappa shape index (κ2) is 5.06. The number of para-hydroxylation sites is 2. The summed E-state index contributed by atoms with van der Waals surface area (Å²) >= 11 is 0. The van der Waals surface area contributed by atoms with Gasteiger partial charge in [0.05, 0.1) is 0 Å². The van der Waals surface area contributed by atoms with E-state index >= 15 is 0 Å². The van der Waals surface area contributed by atoms with Crippen LogP contribution in [-0.2, 0) is 5.41 Å². The molecule has 3 rings (SSSR count). The molecule has 0 aliphatic heterocycles. The molecule has 2 heteroatoms. The van der Waals surface area contributed by atoms with Crippen molar-refractivity contribution in [3.8, 4) is 11.5 Å². The molecule has 0 unspecified atom stereocenters. The SMILES string of the molecule is NCC1(c2ccccc2Oc2ccccc2)CCC1. The Bertz CT molecular complexity index is 541. The van der Waals surface area contributed by atoms with Crippen molar-refractivity contribution in [2.75, 3.05) is 6.54 Å². The molecule has 0 heterocycles. The molecule has 2 N–H and O–H groups in total. The van der Waals surface area contributed by atoms with Crippen molar-refractivity contribution in [1.82, 2.24) is 0 Å². The van der Waals surface area contributed by atoms with Crippen LogP contribution in [0.5, 0.6) is 11.5 Å². The Hall–Kier alpha value is -1.80. The first-order chi connectivity index (χ1) is 9.34. The van der Waals surface area contributed by atoms with Gasteiger partial charge < -0.3 is 10.5 Å². The van der Waals surface area contributed by atoms with Gasteiger partial charge >= 0.3 is 0 Å². The Balaban J connectivity index is 1.94. The number of ether oxygens (including phenoxy) is 1. The third kappa shape index (κ3) is 2.24. The van der Waals surface area contributed by atoms with E-state index in [4.69, 9.17) is 10.5 Å². The smallest absolute Gasteiger partial charge is 0.131 e. The lowest BCUT2D eigenvalue weighted by molar-refractivity contribution is 0.246. The van der Waals surface area contributed by atoms with Crippen molar-refractivity contribution in [3.05, 3.63) is 60.2 Å². The summed E-state index contributed by atoms with van der Waals surface area (Å²) in [4.78, 5) is 0. The molecular formula is C17H19NO. The molecule has 0 saturated heterocycles. The molecule has 98 valence electrons. The largest absolute Gasteiger partial charge is 0.457 e. The molecular weight excluding hydrogens is 234 g/mol. The Kier molecular flexibility index (Phi) is 3.26. The first-order valence-electron chi connectivity index (χ1n) is 6.87. The molecule has 1 fully saturated rings. The Labute approximate surface area is 114 Å². The zero-order chi connectivity index (χ0) is 13.1. The Morgan fingerprint density at radius 1 is 0.947 bits per heavy atom. The van der Waals surface area contributed by atoms with Gasteiger partial charge in [0.15, 0.2) is 0 Å². The lowest BCUT2D eigenvalue weighted by Crippen LogP contribution is -2.41. The summed E-state index contributed by atoms with van der Waals surface area (Å²) < 4.78 is 6.04. The third-order valence-electron chi connectivity index (χ3n) is 4.13. The van der Waals surface area contributed by atoms with Crippen LogP contribution in [0.2, 0.25) is 0 Å². The molecule has 1 aliphatic carbocycles. The lowest BCUT2D eigenvalue weighted by Gasteiger charge is -2.42. The molecule has 0 atom stereocenters. The number of nitrogens with two attached hydrogens (primary N) is 1. The van der Waals surface area contributed by atoms with E-state index in [0.29, 0.717) is 6.54 Å². The highest BCUT2D eigenvalue weighted by Crippen LogP contribution is 2.46. The van der Waals surface area contributed by atoms with Crippen molar-refractivity contribution in [1.29, 1.82) is 0 Å². The lowest BCUT2D eigenvalue weighted by atomic mass is 9.64. The fourth-order valence-electron chi connectivity index (χ4n) is 2.80. The van der Waals surface area contributed by atoms with Gasteiger partial charge in [0, 0.05) is 17.5 Å². The molecule has 2 aromatic carbocycles. The summed E-state index contributed by atoms with van der Waals surface area (Å²) in [5.74, 6) is 1.82. The number of rotatable bonds is 4. The van der Waals surface area contributed by atoms with Gasteiger partial charge in [-0.15, -0.1) is 0 Å². The van der Waals surface area contributed by atoms with Gasteiger partial charge in [-0.05, 0) is 31.0 Å². The molecule has 2 nitrogen and oxygen atoms in total. The van der Waals surface area contributed by atoms with Crippen LogP contribution >= 0.6 is 0 Å². The van der Waals surface area contributed by atoms with E-state index in [1.165, 1.54) is 24.8 Å². The van der Waals surface area contributed by atoms with Crippen LogP contribution in [0.4, 0.5) is 0 Å². The maximum Gasteiger partial charge on any atom is 0.131 e. The van der Waals surface area contributed by atoms with E-state index in [0.717, 1.165) is 11.5 Å². The summed E-state index contributed by atoms with van der Waals surface area (Å²) in [6, 6.07) is 18.2. The molecule has 0 bridgehead atoms. The molecule has 19 heavy (non-hydrogen) atoms. The predicted molar refractivity (Wildman–Crippen MR) is 77.5 cm³/mol. The van der Waals surface area contributed by atoms with Crippen LogP contribution < -0.4 is 10.5 Å². The van der Waals surface area contributed by atoms with Gasteiger partial charge in [-0.3, -0.25) is 0 Å². The maximum atomic E-state index is 6.04. The first-order valence-corrected chi connectivity index (χ1v) is 6.87. The minimum absolute atomic E-state index is 0.130. The van der Waals surface area contributed by atoms with Crippen LogP contribution in [-0.4, -0.2) is 6.54 Å². The zero-order valence-corrected chi connectivity index (χ0v) is 11.0. The third-order valence-corrected chi connectivity index (χ3v) is 4.13. The molecule has 1 aliphatic rings. The van der Waals surface area contributed by atoms with Crippen LogP contribution in [0.3, 0.4) is 0 Å². The fourth-order valence-corrected chi connectivity index (χ4v) is 2.80. The summed E-state index contributed by atoms with van der Waals surface area (Å²) in [6.07, 6.45) is 3.59. The first kappa shape index (κ1) is 12.2. The highest BCUT2D eigenvalue weighted by Gasteiger charge is 2.39. The minimum Gasteiger partial charge on any atom is -0.457 e. The van der Waals surface area contributed by atoms with Gasteiger partial charge in [0.25, 0.3) is 0 Å². The van der Waals surface area contributed by atoms with Crippen LogP contribution in [0.15, 0.2) is 54.6 Å². The van der Waals surface area contributed by atoms with Crippen LogP contribution in [0.25, 0.3) is 0 Å². The van der Waals surface area contributed by atoms with Crippen LogP contribution in [0, 0.1) is 0 Å². The number of hydrogen-bond donors (Lipinski definition) is 1. The molecule has 0 amide bonds. The van der Waals surface area contributed by atoms with Gasteiger partial charge in [-0.1, -0.05) is 42.8 Å². The maximum absolute atomic E-state index is 6.04. The minimum atomic E-state index is 0.130. The van der Waals surface area contributed by atoms with Gasteiger partial charge in [-0.25, -0.2) is 0 Å². The highest BCUT2D eigenvalue weighted by atomic mass is 16.5. The van der Waals surface area contributed by atoms with Crippen molar-refractivity contribution in [3.63, 3.8) is 0 Å². The number of benzene rings is 2. The van der Waals surface area contributed by atoms with Crippen molar-refractivity contribution in [2.45, 2.75) is 24.7 Å². The number of hydrogen-bond acceptors (Lipinski definition) is 2.